The summed E-state index contributed by atoms with van der Waals surface area (Å²) < 4.78 is 0. The summed E-state index contributed by atoms with van der Waals surface area (Å²) in [6.45, 7) is 7.45. The third kappa shape index (κ3) is 6.69. The van der Waals surface area contributed by atoms with Crippen LogP contribution < -0.4 is 4.90 Å². The lowest BCUT2D eigenvalue weighted by atomic mass is 10.1. The third-order valence-corrected chi connectivity index (χ3v) is 7.75. The topological polar surface area (TPSA) is 36.4 Å². The first-order valence-corrected chi connectivity index (χ1v) is 13.5. The Kier molecular flexibility index (Phi) is 8.75. The SMILES string of the molecule is Cc1nc(C)c(CC(=O)N2CCCCCCCCN(Cc3ccccc3)c3ccccc3C2)s1. The molecule has 0 spiro atoms. The fourth-order valence-electron chi connectivity index (χ4n) is 4.84. The lowest BCUT2D eigenvalue weighted by molar-refractivity contribution is -0.131. The van der Waals surface area contributed by atoms with E-state index in [1.807, 2.05) is 13.8 Å². The van der Waals surface area contributed by atoms with E-state index in [4.69, 9.17) is 0 Å². The van der Waals surface area contributed by atoms with Gasteiger partial charge in [0.25, 0.3) is 0 Å². The average Bonchev–Trinajstić information content (AvgIpc) is 3.16. The monoisotopic (exact) mass is 475 g/mol. The van der Waals surface area contributed by atoms with Crippen LogP contribution in [0.4, 0.5) is 5.69 Å². The average molecular weight is 476 g/mol. The Morgan fingerprint density at radius 2 is 1.56 bits per heavy atom. The molecule has 0 aliphatic carbocycles. The Morgan fingerprint density at radius 1 is 0.882 bits per heavy atom. The van der Waals surface area contributed by atoms with Gasteiger partial charge in [0.15, 0.2) is 0 Å². The van der Waals surface area contributed by atoms with Crippen LogP contribution in [0.2, 0.25) is 0 Å². The molecule has 2 heterocycles. The van der Waals surface area contributed by atoms with Crippen LogP contribution in [0.3, 0.4) is 0 Å². The number of thiazole rings is 1. The van der Waals surface area contributed by atoms with Gasteiger partial charge in [-0.2, -0.15) is 0 Å². The Labute approximate surface area is 208 Å². The Hall–Kier alpha value is -2.66. The quantitative estimate of drug-likeness (QED) is 0.422. The Morgan fingerprint density at radius 3 is 2.29 bits per heavy atom. The van der Waals surface area contributed by atoms with E-state index >= 15 is 0 Å². The van der Waals surface area contributed by atoms with Crippen LogP contribution in [0.15, 0.2) is 54.6 Å². The van der Waals surface area contributed by atoms with E-state index < -0.39 is 0 Å². The van der Waals surface area contributed by atoms with Crippen molar-refractivity contribution in [2.45, 2.75) is 71.9 Å². The second kappa shape index (κ2) is 12.2. The Balaban J connectivity index is 1.60. The molecule has 2 aromatic carbocycles. The van der Waals surface area contributed by atoms with Crippen molar-refractivity contribution in [2.75, 3.05) is 18.0 Å². The molecule has 34 heavy (non-hydrogen) atoms. The van der Waals surface area contributed by atoms with E-state index in [-0.39, 0.29) is 5.91 Å². The van der Waals surface area contributed by atoms with Crippen molar-refractivity contribution >= 4 is 22.9 Å². The zero-order chi connectivity index (χ0) is 23.8. The fourth-order valence-corrected chi connectivity index (χ4v) is 5.77. The van der Waals surface area contributed by atoms with Gasteiger partial charge in [0.05, 0.1) is 17.1 Å². The molecule has 3 aromatic rings. The number of carbonyl (C=O) groups excluding carboxylic acids is 1. The predicted octanol–water partition coefficient (Wildman–Crippen LogP) is 6.69. The highest BCUT2D eigenvalue weighted by atomic mass is 32.1. The number of hydrogen-bond acceptors (Lipinski definition) is 4. The zero-order valence-corrected chi connectivity index (χ0v) is 21.4. The van der Waals surface area contributed by atoms with Gasteiger partial charge < -0.3 is 9.80 Å². The van der Waals surface area contributed by atoms with Gasteiger partial charge in [-0.25, -0.2) is 4.98 Å². The molecule has 0 atom stereocenters. The molecule has 4 rings (SSSR count). The molecule has 1 amide bonds. The molecule has 1 aromatic heterocycles. The number of aryl methyl sites for hydroxylation is 2. The number of benzene rings is 2. The number of hydrogen-bond donors (Lipinski definition) is 0. The number of aromatic nitrogens is 1. The standard InChI is InChI=1S/C29H37N3OS/c1-23-28(34-24(2)30-23)20-29(33)32-19-13-6-4-3-5-12-18-31(21-25-14-8-7-9-15-25)27-17-11-10-16-26(27)22-32/h7-11,14-17H,3-6,12-13,18-22H2,1-2H3. The number of carbonyl (C=O) groups is 1. The molecule has 0 N–H and O–H groups in total. The molecule has 0 radical (unpaired) electrons. The Bertz CT molecular complexity index is 1060. The summed E-state index contributed by atoms with van der Waals surface area (Å²) in [7, 11) is 0. The van der Waals surface area contributed by atoms with Gasteiger partial charge in [0, 0.05) is 36.7 Å². The molecule has 0 fully saturated rings. The van der Waals surface area contributed by atoms with E-state index in [2.05, 4.69) is 69.4 Å². The smallest absolute Gasteiger partial charge is 0.228 e. The van der Waals surface area contributed by atoms with Crippen LogP contribution in [-0.2, 0) is 24.3 Å². The summed E-state index contributed by atoms with van der Waals surface area (Å²) in [5.41, 5.74) is 4.82. The number of nitrogens with zero attached hydrogens (tertiary/aromatic N) is 3. The van der Waals surface area contributed by atoms with Gasteiger partial charge in [-0.3, -0.25) is 4.79 Å². The van der Waals surface area contributed by atoms with Crippen molar-refractivity contribution in [3.05, 3.63) is 81.3 Å². The van der Waals surface area contributed by atoms with Crippen LogP contribution >= 0.6 is 11.3 Å². The van der Waals surface area contributed by atoms with Crippen LogP contribution in [-0.4, -0.2) is 28.9 Å². The summed E-state index contributed by atoms with van der Waals surface area (Å²) >= 11 is 1.65. The largest absolute Gasteiger partial charge is 0.367 e. The van der Waals surface area contributed by atoms with Crippen molar-refractivity contribution in [1.82, 2.24) is 9.88 Å². The van der Waals surface area contributed by atoms with E-state index in [0.29, 0.717) is 13.0 Å². The van der Waals surface area contributed by atoms with E-state index in [1.165, 1.54) is 48.9 Å². The first-order valence-electron chi connectivity index (χ1n) is 12.7. The lowest BCUT2D eigenvalue weighted by Crippen LogP contribution is -2.34. The molecule has 0 bridgehead atoms. The lowest BCUT2D eigenvalue weighted by Gasteiger charge is -2.30. The summed E-state index contributed by atoms with van der Waals surface area (Å²) in [4.78, 5) is 23.7. The molecule has 1 aliphatic rings. The molecule has 180 valence electrons. The van der Waals surface area contributed by atoms with Crippen LogP contribution in [0.1, 0.15) is 65.2 Å². The summed E-state index contributed by atoms with van der Waals surface area (Å²) in [6.07, 6.45) is 7.70. The third-order valence-electron chi connectivity index (χ3n) is 6.68. The first-order chi connectivity index (χ1) is 16.6. The van der Waals surface area contributed by atoms with Crippen molar-refractivity contribution in [3.8, 4) is 0 Å². The highest BCUT2D eigenvalue weighted by molar-refractivity contribution is 7.11. The van der Waals surface area contributed by atoms with Gasteiger partial charge in [-0.05, 0) is 43.9 Å². The minimum Gasteiger partial charge on any atom is -0.367 e. The summed E-state index contributed by atoms with van der Waals surface area (Å²) in [5, 5.41) is 1.03. The summed E-state index contributed by atoms with van der Waals surface area (Å²) in [5.74, 6) is 0.214. The van der Waals surface area contributed by atoms with E-state index in [1.54, 1.807) is 11.3 Å². The van der Waals surface area contributed by atoms with Crippen molar-refractivity contribution in [1.29, 1.82) is 0 Å². The fraction of sp³-hybridized carbons (Fsp3) is 0.448. The molecular formula is C29H37N3OS. The zero-order valence-electron chi connectivity index (χ0n) is 20.6. The minimum atomic E-state index is 0.214. The highest BCUT2D eigenvalue weighted by Gasteiger charge is 2.20. The van der Waals surface area contributed by atoms with Crippen molar-refractivity contribution in [2.24, 2.45) is 0 Å². The number of anilines is 1. The number of rotatable bonds is 4. The van der Waals surface area contributed by atoms with Gasteiger partial charge in [0.1, 0.15) is 0 Å². The normalized spacial score (nSPS) is 15.7. The second-order valence-electron chi connectivity index (χ2n) is 9.39. The van der Waals surface area contributed by atoms with Crippen LogP contribution in [0, 0.1) is 13.8 Å². The van der Waals surface area contributed by atoms with E-state index in [0.717, 1.165) is 41.6 Å². The summed E-state index contributed by atoms with van der Waals surface area (Å²) in [6, 6.07) is 19.4. The van der Waals surface area contributed by atoms with E-state index in [9.17, 15) is 4.79 Å². The van der Waals surface area contributed by atoms with Crippen LogP contribution in [0.25, 0.3) is 0 Å². The molecule has 5 heteroatoms. The first kappa shape index (κ1) is 24.5. The van der Waals surface area contributed by atoms with Gasteiger partial charge in [-0.15, -0.1) is 11.3 Å². The highest BCUT2D eigenvalue weighted by Crippen LogP contribution is 2.26. The maximum Gasteiger partial charge on any atom is 0.228 e. The maximum absolute atomic E-state index is 13.5. The number of fused-ring (bicyclic) bond motifs is 1. The van der Waals surface area contributed by atoms with Gasteiger partial charge in [0.2, 0.25) is 5.91 Å². The van der Waals surface area contributed by atoms with Crippen molar-refractivity contribution < 1.29 is 4.79 Å². The van der Waals surface area contributed by atoms with Crippen molar-refractivity contribution in [3.63, 3.8) is 0 Å². The van der Waals surface area contributed by atoms with Gasteiger partial charge in [-0.1, -0.05) is 74.2 Å². The molecular weight excluding hydrogens is 438 g/mol. The maximum atomic E-state index is 13.5. The molecule has 0 unspecified atom stereocenters. The molecule has 0 saturated carbocycles. The van der Waals surface area contributed by atoms with Gasteiger partial charge >= 0.3 is 0 Å². The second-order valence-corrected chi connectivity index (χ2v) is 10.7. The molecule has 1 aliphatic heterocycles. The number of para-hydroxylation sites is 1. The minimum absolute atomic E-state index is 0.214. The predicted molar refractivity (Wildman–Crippen MR) is 142 cm³/mol. The number of amides is 1. The molecule has 4 nitrogen and oxygen atoms in total. The molecule has 0 saturated heterocycles. The van der Waals surface area contributed by atoms with Crippen LogP contribution in [0.5, 0.6) is 0 Å².